The first-order chi connectivity index (χ1) is 13.7. The summed E-state index contributed by atoms with van der Waals surface area (Å²) in [5, 5.41) is 2.68. The molecule has 0 unspecified atom stereocenters. The Balaban J connectivity index is 1.99. The van der Waals surface area contributed by atoms with Gasteiger partial charge in [-0.05, 0) is 38.5 Å². The summed E-state index contributed by atoms with van der Waals surface area (Å²) >= 11 is 0. The molecule has 1 aliphatic rings. The summed E-state index contributed by atoms with van der Waals surface area (Å²) in [6.45, 7) is 6.34. The molecule has 0 bridgehead atoms. The molecule has 0 aromatic heterocycles. The number of nitrogens with zero attached hydrogens (tertiary/aromatic N) is 1. The predicted molar refractivity (Wildman–Crippen MR) is 108 cm³/mol. The Morgan fingerprint density at radius 2 is 1.90 bits per heavy atom. The highest BCUT2D eigenvalue weighted by molar-refractivity contribution is 7.89. The lowest BCUT2D eigenvalue weighted by Gasteiger charge is -2.34. The van der Waals surface area contributed by atoms with Crippen LogP contribution in [-0.4, -0.2) is 63.0 Å². The monoisotopic (exact) mass is 426 g/mol. The normalized spacial score (nSPS) is 20.2. The Morgan fingerprint density at radius 1 is 1.21 bits per heavy atom. The molecule has 1 aromatic rings. The van der Waals surface area contributed by atoms with Crippen molar-refractivity contribution in [1.29, 1.82) is 0 Å². The summed E-state index contributed by atoms with van der Waals surface area (Å²) in [6.07, 6.45) is 2.51. The minimum absolute atomic E-state index is 0.0114. The van der Waals surface area contributed by atoms with Crippen LogP contribution in [0.15, 0.2) is 29.2 Å². The van der Waals surface area contributed by atoms with Gasteiger partial charge in [-0.15, -0.1) is 0 Å². The number of rotatable bonds is 9. The third kappa shape index (κ3) is 6.80. The van der Waals surface area contributed by atoms with Gasteiger partial charge in [0.25, 0.3) is 5.91 Å². The number of benzene rings is 1. The second kappa shape index (κ2) is 10.7. The van der Waals surface area contributed by atoms with E-state index in [2.05, 4.69) is 12.2 Å². The molecule has 162 valence electrons. The molecule has 0 aliphatic carbocycles. The average molecular weight is 427 g/mol. The molecule has 1 heterocycles. The Kier molecular flexibility index (Phi) is 8.60. The Labute approximate surface area is 172 Å². The van der Waals surface area contributed by atoms with Gasteiger partial charge in [-0.3, -0.25) is 4.79 Å². The second-order valence-corrected chi connectivity index (χ2v) is 9.18. The maximum absolute atomic E-state index is 12.9. The maximum Gasteiger partial charge on any atom is 0.338 e. The Hall–Kier alpha value is -1.97. The molecular formula is C20H30N2O6S. The SMILES string of the molecule is CCCCCNC(=O)COC(=O)c1cccc(S(=O)(=O)N2C[C@@H](C)O[C@H](C)C2)c1. The van der Waals surface area contributed by atoms with Crippen LogP contribution in [0, 0.1) is 0 Å². The summed E-state index contributed by atoms with van der Waals surface area (Å²) in [6, 6.07) is 5.67. The topological polar surface area (TPSA) is 102 Å². The number of ether oxygens (including phenoxy) is 2. The molecule has 0 radical (unpaired) electrons. The zero-order valence-electron chi connectivity index (χ0n) is 17.2. The summed E-state index contributed by atoms with van der Waals surface area (Å²) in [7, 11) is -3.77. The van der Waals surface area contributed by atoms with Crippen molar-refractivity contribution in [2.45, 2.75) is 57.1 Å². The van der Waals surface area contributed by atoms with E-state index in [1.807, 2.05) is 13.8 Å². The molecule has 9 heteroatoms. The van der Waals surface area contributed by atoms with Gasteiger partial charge in [0.2, 0.25) is 10.0 Å². The largest absolute Gasteiger partial charge is 0.452 e. The minimum atomic E-state index is -3.77. The van der Waals surface area contributed by atoms with Gasteiger partial charge in [-0.25, -0.2) is 13.2 Å². The summed E-state index contributed by atoms with van der Waals surface area (Å²) < 4.78 is 37.9. The molecule has 0 spiro atoms. The van der Waals surface area contributed by atoms with E-state index in [-0.39, 0.29) is 41.7 Å². The number of hydrogen-bond acceptors (Lipinski definition) is 6. The van der Waals surface area contributed by atoms with E-state index < -0.39 is 22.6 Å². The molecule has 2 atom stereocenters. The van der Waals surface area contributed by atoms with Gasteiger partial charge in [0.1, 0.15) is 0 Å². The van der Waals surface area contributed by atoms with Crippen molar-refractivity contribution in [1.82, 2.24) is 9.62 Å². The zero-order chi connectivity index (χ0) is 21.4. The highest BCUT2D eigenvalue weighted by Gasteiger charge is 2.32. The van der Waals surface area contributed by atoms with E-state index in [0.29, 0.717) is 6.54 Å². The van der Waals surface area contributed by atoms with E-state index in [9.17, 15) is 18.0 Å². The quantitative estimate of drug-likeness (QED) is 0.478. The highest BCUT2D eigenvalue weighted by Crippen LogP contribution is 2.22. The molecule has 1 saturated heterocycles. The molecule has 0 saturated carbocycles. The Bertz CT molecular complexity index is 801. The molecule has 2 rings (SSSR count). The van der Waals surface area contributed by atoms with Crippen LogP contribution >= 0.6 is 0 Å². The van der Waals surface area contributed by atoms with Gasteiger partial charge in [0.05, 0.1) is 22.7 Å². The fourth-order valence-corrected chi connectivity index (χ4v) is 4.76. The van der Waals surface area contributed by atoms with Gasteiger partial charge < -0.3 is 14.8 Å². The standard InChI is InChI=1S/C20H30N2O6S/c1-4-5-6-10-21-19(23)14-27-20(24)17-8-7-9-18(11-17)29(25,26)22-12-15(2)28-16(3)13-22/h7-9,11,15-16H,4-6,10,12-14H2,1-3H3,(H,21,23)/t15-,16-/m1/s1. The van der Waals surface area contributed by atoms with Crippen LogP contribution in [0.25, 0.3) is 0 Å². The van der Waals surface area contributed by atoms with Gasteiger partial charge in [0.15, 0.2) is 6.61 Å². The van der Waals surface area contributed by atoms with Crippen LogP contribution in [0.2, 0.25) is 0 Å². The first-order valence-electron chi connectivity index (χ1n) is 9.93. The van der Waals surface area contributed by atoms with Crippen LogP contribution in [-0.2, 0) is 24.3 Å². The van der Waals surface area contributed by atoms with Gasteiger partial charge in [0, 0.05) is 19.6 Å². The van der Waals surface area contributed by atoms with E-state index in [1.165, 1.54) is 28.6 Å². The van der Waals surface area contributed by atoms with Crippen LogP contribution in [0.4, 0.5) is 0 Å². The van der Waals surface area contributed by atoms with Crippen molar-refractivity contribution in [3.8, 4) is 0 Å². The first-order valence-corrected chi connectivity index (χ1v) is 11.4. The predicted octanol–water partition coefficient (Wildman–Crippen LogP) is 1.95. The van der Waals surface area contributed by atoms with E-state index in [0.717, 1.165) is 19.3 Å². The number of sulfonamides is 1. The van der Waals surface area contributed by atoms with Gasteiger partial charge in [-0.2, -0.15) is 4.31 Å². The number of carbonyl (C=O) groups is 2. The molecule has 29 heavy (non-hydrogen) atoms. The molecule has 8 nitrogen and oxygen atoms in total. The number of morpholine rings is 1. The minimum Gasteiger partial charge on any atom is -0.452 e. The van der Waals surface area contributed by atoms with E-state index in [1.54, 1.807) is 0 Å². The molecule has 1 N–H and O–H groups in total. The number of unbranched alkanes of at least 4 members (excludes halogenated alkanes) is 2. The van der Waals surface area contributed by atoms with Crippen molar-refractivity contribution < 1.29 is 27.5 Å². The lowest BCUT2D eigenvalue weighted by Crippen LogP contribution is -2.48. The summed E-state index contributed by atoms with van der Waals surface area (Å²) in [5.41, 5.74) is 0.0826. The van der Waals surface area contributed by atoms with Crippen LogP contribution in [0.1, 0.15) is 50.4 Å². The molecule has 1 aliphatic heterocycles. The lowest BCUT2D eigenvalue weighted by atomic mass is 10.2. The van der Waals surface area contributed by atoms with Gasteiger partial charge in [-0.1, -0.05) is 25.8 Å². The second-order valence-electron chi connectivity index (χ2n) is 7.24. The van der Waals surface area contributed by atoms with Crippen molar-refractivity contribution in [2.75, 3.05) is 26.2 Å². The van der Waals surface area contributed by atoms with E-state index in [4.69, 9.17) is 9.47 Å². The fourth-order valence-electron chi connectivity index (χ4n) is 3.13. The summed E-state index contributed by atoms with van der Waals surface area (Å²) in [4.78, 5) is 24.0. The number of amides is 1. The molecule has 1 amide bonds. The molecule has 1 fully saturated rings. The van der Waals surface area contributed by atoms with Crippen LogP contribution < -0.4 is 5.32 Å². The number of esters is 1. The average Bonchev–Trinajstić information content (AvgIpc) is 2.68. The maximum atomic E-state index is 12.9. The molecular weight excluding hydrogens is 396 g/mol. The summed E-state index contributed by atoms with van der Waals surface area (Å²) in [5.74, 6) is -1.12. The van der Waals surface area contributed by atoms with E-state index >= 15 is 0 Å². The highest BCUT2D eigenvalue weighted by atomic mass is 32.2. The zero-order valence-corrected chi connectivity index (χ0v) is 18.0. The number of carbonyl (C=O) groups excluding carboxylic acids is 2. The van der Waals surface area contributed by atoms with Crippen molar-refractivity contribution >= 4 is 21.9 Å². The molecule has 1 aromatic carbocycles. The lowest BCUT2D eigenvalue weighted by molar-refractivity contribution is -0.124. The van der Waals surface area contributed by atoms with Crippen molar-refractivity contribution in [3.05, 3.63) is 29.8 Å². The smallest absolute Gasteiger partial charge is 0.338 e. The third-order valence-electron chi connectivity index (χ3n) is 4.53. The van der Waals surface area contributed by atoms with Gasteiger partial charge >= 0.3 is 5.97 Å². The fraction of sp³-hybridized carbons (Fsp3) is 0.600. The Morgan fingerprint density at radius 3 is 2.55 bits per heavy atom. The van der Waals surface area contributed by atoms with Crippen molar-refractivity contribution in [2.24, 2.45) is 0 Å². The van der Waals surface area contributed by atoms with Crippen molar-refractivity contribution in [3.63, 3.8) is 0 Å². The first kappa shape index (κ1) is 23.3. The third-order valence-corrected chi connectivity index (χ3v) is 6.36. The number of nitrogens with one attached hydrogen (secondary N) is 1. The van der Waals surface area contributed by atoms with Crippen LogP contribution in [0.5, 0.6) is 0 Å². The van der Waals surface area contributed by atoms with Crippen LogP contribution in [0.3, 0.4) is 0 Å². The number of hydrogen-bond donors (Lipinski definition) is 1.